The van der Waals surface area contributed by atoms with Crippen molar-refractivity contribution in [3.8, 4) is 5.75 Å². The number of nitrogens with one attached hydrogen (secondary N) is 2. The molecule has 0 fully saturated rings. The van der Waals surface area contributed by atoms with E-state index in [1.807, 2.05) is 14.0 Å². The maximum atomic E-state index is 12.1. The third-order valence-corrected chi connectivity index (χ3v) is 4.45. The zero-order valence-corrected chi connectivity index (χ0v) is 13.3. The van der Waals surface area contributed by atoms with Crippen molar-refractivity contribution >= 4 is 15.9 Å². The minimum Gasteiger partial charge on any atom is -0.496 e. The molecule has 0 heterocycles. The summed E-state index contributed by atoms with van der Waals surface area (Å²) in [5.41, 5.74) is 1.41. The van der Waals surface area contributed by atoms with Crippen LogP contribution in [-0.2, 0) is 10.2 Å². The molecule has 114 valence electrons. The van der Waals surface area contributed by atoms with Gasteiger partial charge in [0, 0.05) is 13.6 Å². The average Bonchev–Trinajstić information content (AvgIpc) is 2.38. The van der Waals surface area contributed by atoms with Gasteiger partial charge in [0.2, 0.25) is 0 Å². The molecule has 0 radical (unpaired) electrons. The van der Waals surface area contributed by atoms with Gasteiger partial charge in [-0.25, -0.2) is 0 Å². The van der Waals surface area contributed by atoms with E-state index in [9.17, 15) is 8.42 Å². The molecule has 0 atom stereocenters. The van der Waals surface area contributed by atoms with E-state index in [1.54, 1.807) is 32.4 Å². The van der Waals surface area contributed by atoms with Crippen molar-refractivity contribution in [2.45, 2.75) is 13.3 Å². The van der Waals surface area contributed by atoms with Crippen molar-refractivity contribution in [2.24, 2.45) is 0 Å². The van der Waals surface area contributed by atoms with Crippen LogP contribution in [0.4, 0.5) is 5.69 Å². The highest BCUT2D eigenvalue weighted by Crippen LogP contribution is 2.22. The molecule has 1 aromatic rings. The van der Waals surface area contributed by atoms with Gasteiger partial charge in [-0.3, -0.25) is 4.72 Å². The number of nitrogens with zero attached hydrogens (tertiary/aromatic N) is 1. The van der Waals surface area contributed by atoms with Crippen molar-refractivity contribution < 1.29 is 13.2 Å². The van der Waals surface area contributed by atoms with Gasteiger partial charge in [0.05, 0.1) is 12.8 Å². The molecule has 0 aromatic heterocycles. The quantitative estimate of drug-likeness (QED) is 0.708. The summed E-state index contributed by atoms with van der Waals surface area (Å²) in [5, 5.41) is 2.99. The number of hydrogen-bond donors (Lipinski definition) is 2. The SMILES string of the molecule is CNCCCN(C)S(=O)(=O)Nc1ccc(OC)c(C)c1. The van der Waals surface area contributed by atoms with E-state index in [-0.39, 0.29) is 0 Å². The van der Waals surface area contributed by atoms with E-state index in [0.717, 1.165) is 24.3 Å². The van der Waals surface area contributed by atoms with Crippen LogP contribution in [0.1, 0.15) is 12.0 Å². The van der Waals surface area contributed by atoms with Crippen LogP contribution in [0, 0.1) is 6.92 Å². The van der Waals surface area contributed by atoms with Crippen LogP contribution >= 0.6 is 0 Å². The lowest BCUT2D eigenvalue weighted by molar-refractivity contribution is 0.412. The summed E-state index contributed by atoms with van der Waals surface area (Å²) in [6, 6.07) is 5.18. The molecule has 7 heteroatoms. The van der Waals surface area contributed by atoms with E-state index >= 15 is 0 Å². The predicted octanol–water partition coefficient (Wildman–Crippen LogP) is 1.20. The molecule has 0 saturated carbocycles. The van der Waals surface area contributed by atoms with E-state index in [0.29, 0.717) is 12.2 Å². The number of anilines is 1. The highest BCUT2D eigenvalue weighted by atomic mass is 32.2. The van der Waals surface area contributed by atoms with E-state index in [2.05, 4.69) is 10.0 Å². The summed E-state index contributed by atoms with van der Waals surface area (Å²) in [6.45, 7) is 3.11. The lowest BCUT2D eigenvalue weighted by Crippen LogP contribution is -2.34. The number of aryl methyl sites for hydroxylation is 1. The van der Waals surface area contributed by atoms with Crippen LogP contribution in [0.5, 0.6) is 5.75 Å². The van der Waals surface area contributed by atoms with Crippen LogP contribution in [0.15, 0.2) is 18.2 Å². The molecular weight excluding hydrogens is 278 g/mol. The largest absolute Gasteiger partial charge is 0.496 e. The van der Waals surface area contributed by atoms with Crippen molar-refractivity contribution in [2.75, 3.05) is 39.0 Å². The second kappa shape index (κ2) is 7.47. The van der Waals surface area contributed by atoms with Gasteiger partial charge in [0.25, 0.3) is 0 Å². The summed E-state index contributed by atoms with van der Waals surface area (Å²) in [4.78, 5) is 0. The minimum absolute atomic E-state index is 0.464. The van der Waals surface area contributed by atoms with Gasteiger partial charge in [-0.05, 0) is 50.7 Å². The van der Waals surface area contributed by atoms with Crippen molar-refractivity contribution in [1.29, 1.82) is 0 Å². The van der Waals surface area contributed by atoms with Gasteiger partial charge >= 0.3 is 10.2 Å². The lowest BCUT2D eigenvalue weighted by atomic mass is 10.2. The standard InChI is InChI=1S/C13H23N3O3S/c1-11-10-12(6-7-13(11)19-4)15-20(17,18)16(3)9-5-8-14-2/h6-7,10,14-15H,5,8-9H2,1-4H3. The fraction of sp³-hybridized carbons (Fsp3) is 0.538. The summed E-state index contributed by atoms with van der Waals surface area (Å²) < 4.78 is 33.3. The van der Waals surface area contributed by atoms with Crippen LogP contribution in [0.25, 0.3) is 0 Å². The number of methoxy groups -OCH3 is 1. The number of hydrogen-bond acceptors (Lipinski definition) is 4. The monoisotopic (exact) mass is 301 g/mol. The number of benzene rings is 1. The maximum Gasteiger partial charge on any atom is 0.301 e. The summed E-state index contributed by atoms with van der Waals surface area (Å²) in [6.07, 6.45) is 0.759. The average molecular weight is 301 g/mol. The predicted molar refractivity (Wildman–Crippen MR) is 81.4 cm³/mol. The molecule has 0 bridgehead atoms. The molecule has 0 unspecified atom stereocenters. The second-order valence-corrected chi connectivity index (χ2v) is 6.35. The molecule has 0 aliphatic carbocycles. The summed E-state index contributed by atoms with van der Waals surface area (Å²) in [5.74, 6) is 0.732. The first-order chi connectivity index (χ1) is 9.40. The number of rotatable bonds is 8. The highest BCUT2D eigenvalue weighted by Gasteiger charge is 2.17. The molecule has 6 nitrogen and oxygen atoms in total. The molecule has 0 spiro atoms. The first-order valence-electron chi connectivity index (χ1n) is 6.44. The Morgan fingerprint density at radius 3 is 2.60 bits per heavy atom. The van der Waals surface area contributed by atoms with Gasteiger partial charge < -0.3 is 10.1 Å². The smallest absolute Gasteiger partial charge is 0.301 e. The van der Waals surface area contributed by atoms with Gasteiger partial charge in [-0.15, -0.1) is 0 Å². The Balaban J connectivity index is 2.72. The lowest BCUT2D eigenvalue weighted by Gasteiger charge is -2.18. The molecule has 0 aliphatic heterocycles. The van der Waals surface area contributed by atoms with Crippen molar-refractivity contribution in [3.05, 3.63) is 23.8 Å². The Bertz CT molecular complexity index is 532. The van der Waals surface area contributed by atoms with Crippen LogP contribution in [-0.4, -0.2) is 47.0 Å². The Kier molecular flexibility index (Phi) is 6.25. The fourth-order valence-corrected chi connectivity index (χ4v) is 2.72. The third kappa shape index (κ3) is 4.66. The van der Waals surface area contributed by atoms with Crippen molar-refractivity contribution in [3.63, 3.8) is 0 Å². The fourth-order valence-electron chi connectivity index (χ4n) is 1.77. The first-order valence-corrected chi connectivity index (χ1v) is 7.88. The summed E-state index contributed by atoms with van der Waals surface area (Å²) >= 11 is 0. The Hall–Kier alpha value is -1.31. The zero-order valence-electron chi connectivity index (χ0n) is 12.4. The Morgan fingerprint density at radius 2 is 2.05 bits per heavy atom. The number of ether oxygens (including phenoxy) is 1. The Morgan fingerprint density at radius 1 is 1.35 bits per heavy atom. The zero-order chi connectivity index (χ0) is 15.2. The molecule has 0 aliphatic rings. The molecule has 0 amide bonds. The van der Waals surface area contributed by atoms with E-state index in [4.69, 9.17) is 4.74 Å². The Labute approximate surface area is 121 Å². The van der Waals surface area contributed by atoms with Gasteiger partial charge in [-0.1, -0.05) is 0 Å². The minimum atomic E-state index is -3.52. The van der Waals surface area contributed by atoms with Crippen molar-refractivity contribution in [1.82, 2.24) is 9.62 Å². The highest BCUT2D eigenvalue weighted by molar-refractivity contribution is 7.90. The topological polar surface area (TPSA) is 70.7 Å². The van der Waals surface area contributed by atoms with Crippen LogP contribution < -0.4 is 14.8 Å². The molecule has 2 N–H and O–H groups in total. The summed E-state index contributed by atoms with van der Waals surface area (Å²) in [7, 11) is 1.47. The first kappa shape index (κ1) is 16.7. The molecule has 0 saturated heterocycles. The molecule has 20 heavy (non-hydrogen) atoms. The van der Waals surface area contributed by atoms with Gasteiger partial charge in [-0.2, -0.15) is 12.7 Å². The van der Waals surface area contributed by atoms with Crippen LogP contribution in [0.2, 0.25) is 0 Å². The van der Waals surface area contributed by atoms with Gasteiger partial charge in [0.1, 0.15) is 5.75 Å². The van der Waals surface area contributed by atoms with Gasteiger partial charge in [0.15, 0.2) is 0 Å². The second-order valence-electron chi connectivity index (χ2n) is 4.57. The molecule has 1 aromatic carbocycles. The third-order valence-electron chi connectivity index (χ3n) is 2.95. The van der Waals surface area contributed by atoms with E-state index in [1.165, 1.54) is 4.31 Å². The normalized spacial score (nSPS) is 11.7. The van der Waals surface area contributed by atoms with E-state index < -0.39 is 10.2 Å². The maximum absolute atomic E-state index is 12.1. The molecular formula is C13H23N3O3S. The molecule has 1 rings (SSSR count). The van der Waals surface area contributed by atoms with Crippen LogP contribution in [0.3, 0.4) is 0 Å².